The molecule has 8 heteroatoms. The number of esters is 1. The van der Waals surface area contributed by atoms with Crippen LogP contribution in [0.3, 0.4) is 0 Å². The summed E-state index contributed by atoms with van der Waals surface area (Å²) in [5.41, 5.74) is 0. The second-order valence-electron chi connectivity index (χ2n) is 12.9. The van der Waals surface area contributed by atoms with Crippen LogP contribution in [0.5, 0.6) is 0 Å². The molecule has 0 spiro atoms. The first-order valence-electron chi connectivity index (χ1n) is 19.2. The molecule has 274 valence electrons. The molecule has 0 aliphatic carbocycles. The van der Waals surface area contributed by atoms with Gasteiger partial charge in [0, 0.05) is 13.0 Å². The fourth-order valence-corrected chi connectivity index (χ4v) is 5.10. The number of hydrogen-bond acceptors (Lipinski definition) is 7. The first kappa shape index (κ1) is 46.3. The standard InChI is InChI=1S/C24H46N2O6.C14H30/c1-4-5-6-7-8-9-10-11-12-13-14-15-23(28)31-21-18-26(17-19-30-22-27)24(29)32-20-16-25(2)3;1-3-5-7-9-11-13-14-12-10-8-6-4-2/h22H,4-21H2,1-3H3;3-14H2,1-2H3. The van der Waals surface area contributed by atoms with Crippen molar-refractivity contribution in [1.82, 2.24) is 9.80 Å². The second-order valence-corrected chi connectivity index (χ2v) is 12.9. The number of rotatable bonds is 33. The predicted octanol–water partition coefficient (Wildman–Crippen LogP) is 10.1. The molecule has 0 rings (SSSR count). The molecule has 0 aliphatic heterocycles. The van der Waals surface area contributed by atoms with Gasteiger partial charge in [0.25, 0.3) is 6.47 Å². The van der Waals surface area contributed by atoms with Gasteiger partial charge in [0.05, 0.1) is 13.1 Å². The van der Waals surface area contributed by atoms with Crippen molar-refractivity contribution in [1.29, 1.82) is 0 Å². The van der Waals surface area contributed by atoms with Gasteiger partial charge in [-0.25, -0.2) is 4.79 Å². The molecule has 0 N–H and O–H groups in total. The van der Waals surface area contributed by atoms with Gasteiger partial charge in [-0.05, 0) is 20.5 Å². The van der Waals surface area contributed by atoms with Crippen molar-refractivity contribution in [3.8, 4) is 0 Å². The Kier molecular flexibility index (Phi) is 39.6. The molecule has 0 atom stereocenters. The van der Waals surface area contributed by atoms with Crippen molar-refractivity contribution in [2.45, 2.75) is 175 Å². The van der Waals surface area contributed by atoms with E-state index in [0.717, 1.165) is 19.3 Å². The number of carbonyl (C=O) groups excluding carboxylic acids is 3. The van der Waals surface area contributed by atoms with Crippen LogP contribution >= 0.6 is 0 Å². The predicted molar refractivity (Wildman–Crippen MR) is 192 cm³/mol. The lowest BCUT2D eigenvalue weighted by Crippen LogP contribution is -2.38. The summed E-state index contributed by atoms with van der Waals surface area (Å²) in [4.78, 5) is 37.7. The van der Waals surface area contributed by atoms with Crippen LogP contribution in [0, 0.1) is 0 Å². The SMILES string of the molecule is CCCCCCCCCCCCCC.CCCCCCCCCCCCCC(=O)OCCN(CCOC=O)C(=O)OCCN(C)C. The Balaban J connectivity index is 0. The Morgan fingerprint density at radius 3 is 1.26 bits per heavy atom. The molecule has 0 bridgehead atoms. The van der Waals surface area contributed by atoms with Crippen molar-refractivity contribution >= 4 is 18.5 Å². The van der Waals surface area contributed by atoms with Gasteiger partial charge >= 0.3 is 12.1 Å². The molecule has 0 unspecified atom stereocenters. The Morgan fingerprint density at radius 2 is 0.870 bits per heavy atom. The Morgan fingerprint density at radius 1 is 0.500 bits per heavy atom. The van der Waals surface area contributed by atoms with E-state index in [4.69, 9.17) is 9.47 Å². The van der Waals surface area contributed by atoms with E-state index >= 15 is 0 Å². The zero-order valence-electron chi connectivity index (χ0n) is 31.1. The molecule has 0 saturated carbocycles. The van der Waals surface area contributed by atoms with E-state index in [0.29, 0.717) is 19.4 Å². The molecule has 0 aromatic heterocycles. The molecular weight excluding hydrogens is 580 g/mol. The summed E-state index contributed by atoms with van der Waals surface area (Å²) in [5, 5.41) is 0. The third kappa shape index (κ3) is 38.4. The van der Waals surface area contributed by atoms with Crippen molar-refractivity contribution in [2.24, 2.45) is 0 Å². The van der Waals surface area contributed by atoms with Crippen LogP contribution in [0.1, 0.15) is 175 Å². The van der Waals surface area contributed by atoms with E-state index < -0.39 is 6.09 Å². The third-order valence-electron chi connectivity index (χ3n) is 8.14. The molecule has 8 nitrogen and oxygen atoms in total. The number of likely N-dealkylation sites (N-methyl/N-ethyl adjacent to an activating group) is 1. The van der Waals surface area contributed by atoms with E-state index in [1.165, 1.54) is 133 Å². The zero-order chi connectivity index (χ0) is 34.4. The van der Waals surface area contributed by atoms with Crippen LogP contribution < -0.4 is 0 Å². The molecule has 0 radical (unpaired) electrons. The van der Waals surface area contributed by atoms with Crippen LogP contribution in [-0.2, 0) is 23.8 Å². The van der Waals surface area contributed by atoms with E-state index in [-0.39, 0.29) is 38.9 Å². The van der Waals surface area contributed by atoms with Crippen molar-refractivity contribution in [2.75, 3.05) is 53.6 Å². The fourth-order valence-electron chi connectivity index (χ4n) is 5.10. The molecule has 0 fully saturated rings. The zero-order valence-corrected chi connectivity index (χ0v) is 31.1. The van der Waals surface area contributed by atoms with Crippen LogP contribution in [0.4, 0.5) is 4.79 Å². The summed E-state index contributed by atoms with van der Waals surface area (Å²) in [6.45, 7) is 8.57. The quantitative estimate of drug-likeness (QED) is 0.0301. The van der Waals surface area contributed by atoms with E-state index in [9.17, 15) is 14.4 Å². The summed E-state index contributed by atoms with van der Waals surface area (Å²) < 4.78 is 15.1. The molecule has 0 heterocycles. The topological polar surface area (TPSA) is 85.4 Å². The average Bonchev–Trinajstić information content (AvgIpc) is 3.04. The summed E-state index contributed by atoms with van der Waals surface area (Å²) in [6, 6.07) is 0. The maximum Gasteiger partial charge on any atom is 0.410 e. The van der Waals surface area contributed by atoms with Crippen LogP contribution in [0.2, 0.25) is 0 Å². The highest BCUT2D eigenvalue weighted by molar-refractivity contribution is 5.69. The van der Waals surface area contributed by atoms with E-state index in [1.807, 2.05) is 19.0 Å². The fraction of sp³-hybridized carbons (Fsp3) is 0.921. The Bertz CT molecular complexity index is 635. The Hall–Kier alpha value is -1.83. The lowest BCUT2D eigenvalue weighted by Gasteiger charge is -2.22. The summed E-state index contributed by atoms with van der Waals surface area (Å²) in [7, 11) is 3.77. The molecule has 0 aromatic rings. The normalized spacial score (nSPS) is 10.7. The molecule has 0 aromatic carbocycles. The number of nitrogens with zero attached hydrogens (tertiary/aromatic N) is 2. The van der Waals surface area contributed by atoms with Gasteiger partial charge in [0.15, 0.2) is 0 Å². The second kappa shape index (κ2) is 39.3. The highest BCUT2D eigenvalue weighted by atomic mass is 16.6. The van der Waals surface area contributed by atoms with Gasteiger partial charge in [-0.2, -0.15) is 0 Å². The first-order chi connectivity index (χ1) is 22.4. The van der Waals surface area contributed by atoms with Crippen LogP contribution in [0.15, 0.2) is 0 Å². The highest BCUT2D eigenvalue weighted by Gasteiger charge is 2.16. The minimum absolute atomic E-state index is 0.0684. The van der Waals surface area contributed by atoms with Gasteiger partial charge in [-0.3, -0.25) is 9.59 Å². The van der Waals surface area contributed by atoms with Crippen molar-refractivity contribution < 1.29 is 28.6 Å². The van der Waals surface area contributed by atoms with Crippen molar-refractivity contribution in [3.05, 3.63) is 0 Å². The number of unbranched alkanes of at least 4 members (excludes halogenated alkanes) is 21. The molecule has 0 saturated heterocycles. The minimum atomic E-state index is -0.511. The van der Waals surface area contributed by atoms with E-state index in [2.05, 4.69) is 25.5 Å². The van der Waals surface area contributed by atoms with E-state index in [1.54, 1.807) is 0 Å². The number of ether oxygens (including phenoxy) is 3. The van der Waals surface area contributed by atoms with Gasteiger partial charge in [0.2, 0.25) is 0 Å². The van der Waals surface area contributed by atoms with Gasteiger partial charge in [-0.1, -0.05) is 162 Å². The summed E-state index contributed by atoms with van der Waals surface area (Å²) in [6.07, 6.45) is 30.9. The van der Waals surface area contributed by atoms with Gasteiger partial charge < -0.3 is 24.0 Å². The number of carbonyl (C=O) groups is 3. The third-order valence-corrected chi connectivity index (χ3v) is 8.14. The van der Waals surface area contributed by atoms with Gasteiger partial charge in [0.1, 0.15) is 19.8 Å². The molecule has 46 heavy (non-hydrogen) atoms. The van der Waals surface area contributed by atoms with Crippen LogP contribution in [-0.4, -0.2) is 81.9 Å². The average molecular weight is 657 g/mol. The molecule has 0 aliphatic rings. The monoisotopic (exact) mass is 657 g/mol. The lowest BCUT2D eigenvalue weighted by molar-refractivity contribution is -0.144. The summed E-state index contributed by atoms with van der Waals surface area (Å²) in [5.74, 6) is -0.244. The maximum atomic E-state index is 12.2. The highest BCUT2D eigenvalue weighted by Crippen LogP contribution is 2.13. The first-order valence-corrected chi connectivity index (χ1v) is 19.2. The number of amides is 1. The smallest absolute Gasteiger partial charge is 0.410 e. The maximum absolute atomic E-state index is 12.2. The summed E-state index contributed by atoms with van der Waals surface area (Å²) >= 11 is 0. The molecular formula is C38H76N2O6. The Labute approximate surface area is 285 Å². The minimum Gasteiger partial charge on any atom is -0.466 e. The van der Waals surface area contributed by atoms with Gasteiger partial charge in [-0.15, -0.1) is 0 Å². The lowest BCUT2D eigenvalue weighted by atomic mass is 10.1. The van der Waals surface area contributed by atoms with Crippen molar-refractivity contribution in [3.63, 3.8) is 0 Å². The number of hydrogen-bond donors (Lipinski definition) is 0. The van der Waals surface area contributed by atoms with Crippen LogP contribution in [0.25, 0.3) is 0 Å². The molecule has 1 amide bonds. The largest absolute Gasteiger partial charge is 0.466 e.